The van der Waals surface area contributed by atoms with Crippen LogP contribution < -0.4 is 10.6 Å². The molecule has 2 amide bonds. The molecule has 0 aromatic heterocycles. The number of aliphatic hydroxyl groups excluding tert-OH is 2. The van der Waals surface area contributed by atoms with Crippen molar-refractivity contribution in [1.29, 1.82) is 0 Å². The predicted molar refractivity (Wildman–Crippen MR) is 82.0 cm³/mol. The first-order chi connectivity index (χ1) is 10.2. The molecule has 0 saturated heterocycles. The van der Waals surface area contributed by atoms with Crippen molar-refractivity contribution in [2.45, 2.75) is 6.10 Å². The Kier molecular flexibility index (Phi) is 5.31. The molecule has 21 heavy (non-hydrogen) atoms. The number of hydrogen-bond acceptors (Lipinski definition) is 3. The first-order valence-corrected chi connectivity index (χ1v) is 6.68. The maximum Gasteiger partial charge on any atom is 0.319 e. The van der Waals surface area contributed by atoms with E-state index < -0.39 is 12.1 Å². The molecule has 0 heterocycles. The maximum absolute atomic E-state index is 11.6. The Hall–Kier alpha value is -2.37. The van der Waals surface area contributed by atoms with E-state index in [2.05, 4.69) is 10.6 Å². The van der Waals surface area contributed by atoms with E-state index in [1.54, 1.807) is 0 Å². The zero-order chi connectivity index (χ0) is 15.1. The Bertz CT molecular complexity index is 570. The van der Waals surface area contributed by atoms with Crippen molar-refractivity contribution in [2.24, 2.45) is 0 Å². The van der Waals surface area contributed by atoms with Crippen molar-refractivity contribution in [3.8, 4) is 11.1 Å². The minimum atomic E-state index is -0.948. The molecule has 110 valence electrons. The summed E-state index contributed by atoms with van der Waals surface area (Å²) >= 11 is 0. The third-order valence-corrected chi connectivity index (χ3v) is 2.96. The fraction of sp³-hybridized carbons (Fsp3) is 0.188. The van der Waals surface area contributed by atoms with Crippen LogP contribution >= 0.6 is 0 Å². The summed E-state index contributed by atoms with van der Waals surface area (Å²) in [5.74, 6) is 0. The van der Waals surface area contributed by atoms with Gasteiger partial charge in [0.2, 0.25) is 0 Å². The molecule has 0 aliphatic carbocycles. The van der Waals surface area contributed by atoms with E-state index in [4.69, 9.17) is 10.2 Å². The first kappa shape index (κ1) is 15.0. The first-order valence-electron chi connectivity index (χ1n) is 6.68. The van der Waals surface area contributed by atoms with Crippen LogP contribution in [-0.2, 0) is 0 Å². The van der Waals surface area contributed by atoms with Gasteiger partial charge in [0, 0.05) is 12.2 Å². The third-order valence-electron chi connectivity index (χ3n) is 2.96. The van der Waals surface area contributed by atoms with Crippen molar-refractivity contribution < 1.29 is 15.0 Å². The second-order valence-corrected chi connectivity index (χ2v) is 4.61. The molecule has 1 unspecified atom stereocenters. The molecule has 0 aliphatic rings. The monoisotopic (exact) mass is 286 g/mol. The molecule has 0 spiro atoms. The Morgan fingerprint density at radius 3 is 2.24 bits per heavy atom. The van der Waals surface area contributed by atoms with Crippen molar-refractivity contribution >= 4 is 11.7 Å². The SMILES string of the molecule is O=C(NCC(O)CO)Nc1ccc(-c2ccccc2)cc1. The van der Waals surface area contributed by atoms with Crippen LogP contribution in [0.5, 0.6) is 0 Å². The lowest BCUT2D eigenvalue weighted by atomic mass is 10.1. The minimum Gasteiger partial charge on any atom is -0.394 e. The normalized spacial score (nSPS) is 11.7. The van der Waals surface area contributed by atoms with Gasteiger partial charge in [-0.15, -0.1) is 0 Å². The summed E-state index contributed by atoms with van der Waals surface area (Å²) in [4.78, 5) is 11.6. The highest BCUT2D eigenvalue weighted by Crippen LogP contribution is 2.20. The minimum absolute atomic E-state index is 0.00440. The number of nitrogens with one attached hydrogen (secondary N) is 2. The molecule has 4 N–H and O–H groups in total. The molecule has 0 radical (unpaired) electrons. The van der Waals surface area contributed by atoms with Gasteiger partial charge in [0.05, 0.1) is 12.7 Å². The standard InChI is InChI=1S/C16H18N2O3/c19-11-15(20)10-17-16(21)18-14-8-6-13(7-9-14)12-4-2-1-3-5-12/h1-9,15,19-20H,10-11H2,(H2,17,18,21). The van der Waals surface area contributed by atoms with Crippen molar-refractivity contribution in [1.82, 2.24) is 5.32 Å². The largest absolute Gasteiger partial charge is 0.394 e. The number of aliphatic hydroxyl groups is 2. The number of carbonyl (C=O) groups is 1. The van der Waals surface area contributed by atoms with Gasteiger partial charge in [0.15, 0.2) is 0 Å². The van der Waals surface area contributed by atoms with Crippen LogP contribution in [0.4, 0.5) is 10.5 Å². The van der Waals surface area contributed by atoms with Crippen LogP contribution in [0.2, 0.25) is 0 Å². The van der Waals surface area contributed by atoms with Gasteiger partial charge in [-0.3, -0.25) is 0 Å². The average Bonchev–Trinajstić information content (AvgIpc) is 2.54. The lowest BCUT2D eigenvalue weighted by Crippen LogP contribution is -2.36. The lowest BCUT2D eigenvalue weighted by molar-refractivity contribution is 0.0965. The van der Waals surface area contributed by atoms with E-state index in [9.17, 15) is 4.79 Å². The summed E-state index contributed by atoms with van der Waals surface area (Å²) in [5.41, 5.74) is 2.84. The molecule has 0 fully saturated rings. The summed E-state index contributed by atoms with van der Waals surface area (Å²) in [6, 6.07) is 17.0. The maximum atomic E-state index is 11.6. The smallest absolute Gasteiger partial charge is 0.319 e. The van der Waals surface area contributed by atoms with Gasteiger partial charge >= 0.3 is 6.03 Å². The molecule has 2 aromatic rings. The Balaban J connectivity index is 1.92. The number of anilines is 1. The van der Waals surface area contributed by atoms with Crippen molar-refractivity contribution in [2.75, 3.05) is 18.5 Å². The van der Waals surface area contributed by atoms with Crippen LogP contribution in [0.1, 0.15) is 0 Å². The zero-order valence-corrected chi connectivity index (χ0v) is 11.5. The van der Waals surface area contributed by atoms with E-state index in [-0.39, 0.29) is 13.2 Å². The third kappa shape index (κ3) is 4.59. The Morgan fingerprint density at radius 2 is 1.62 bits per heavy atom. The lowest BCUT2D eigenvalue weighted by Gasteiger charge is -2.10. The van der Waals surface area contributed by atoms with E-state index in [0.717, 1.165) is 11.1 Å². The fourth-order valence-corrected chi connectivity index (χ4v) is 1.83. The van der Waals surface area contributed by atoms with E-state index in [1.165, 1.54) is 0 Å². The number of rotatable bonds is 5. The summed E-state index contributed by atoms with van der Waals surface area (Å²) in [7, 11) is 0. The molecule has 2 rings (SSSR count). The van der Waals surface area contributed by atoms with Gasteiger partial charge in [-0.1, -0.05) is 42.5 Å². The number of urea groups is 1. The van der Waals surface area contributed by atoms with E-state index >= 15 is 0 Å². The highest BCUT2D eigenvalue weighted by atomic mass is 16.3. The van der Waals surface area contributed by atoms with Gasteiger partial charge in [0.25, 0.3) is 0 Å². The number of amides is 2. The van der Waals surface area contributed by atoms with Gasteiger partial charge in [0.1, 0.15) is 0 Å². The quantitative estimate of drug-likeness (QED) is 0.677. The van der Waals surface area contributed by atoms with E-state index in [1.807, 2.05) is 54.6 Å². The Labute approximate surface area is 123 Å². The molecule has 0 aliphatic heterocycles. The van der Waals surface area contributed by atoms with E-state index in [0.29, 0.717) is 5.69 Å². The van der Waals surface area contributed by atoms with Crippen LogP contribution in [0, 0.1) is 0 Å². The topological polar surface area (TPSA) is 81.6 Å². The van der Waals surface area contributed by atoms with Crippen LogP contribution in [0.15, 0.2) is 54.6 Å². The molecule has 5 nitrogen and oxygen atoms in total. The molecule has 2 aromatic carbocycles. The molecule has 0 saturated carbocycles. The predicted octanol–water partition coefficient (Wildman–Crippen LogP) is 1.83. The highest BCUT2D eigenvalue weighted by Gasteiger charge is 2.06. The summed E-state index contributed by atoms with van der Waals surface area (Å²) < 4.78 is 0. The van der Waals surface area contributed by atoms with Gasteiger partial charge in [-0.05, 0) is 23.3 Å². The second-order valence-electron chi connectivity index (χ2n) is 4.61. The van der Waals surface area contributed by atoms with Crippen LogP contribution in [-0.4, -0.2) is 35.5 Å². The highest BCUT2D eigenvalue weighted by molar-refractivity contribution is 5.89. The summed E-state index contributed by atoms with van der Waals surface area (Å²) in [5, 5.41) is 22.9. The fourth-order valence-electron chi connectivity index (χ4n) is 1.83. The Morgan fingerprint density at radius 1 is 1.00 bits per heavy atom. The van der Waals surface area contributed by atoms with Crippen molar-refractivity contribution in [3.05, 3.63) is 54.6 Å². The van der Waals surface area contributed by atoms with Gasteiger partial charge < -0.3 is 20.8 Å². The van der Waals surface area contributed by atoms with Gasteiger partial charge in [-0.2, -0.15) is 0 Å². The average molecular weight is 286 g/mol. The molecule has 1 atom stereocenters. The van der Waals surface area contributed by atoms with Crippen molar-refractivity contribution in [3.63, 3.8) is 0 Å². The van der Waals surface area contributed by atoms with Crippen LogP contribution in [0.3, 0.4) is 0 Å². The summed E-state index contributed by atoms with van der Waals surface area (Å²) in [6.45, 7) is -0.378. The molecular weight excluding hydrogens is 268 g/mol. The molecule has 5 heteroatoms. The summed E-state index contributed by atoms with van der Waals surface area (Å²) in [6.07, 6.45) is -0.948. The number of benzene rings is 2. The van der Waals surface area contributed by atoms with Crippen LogP contribution in [0.25, 0.3) is 11.1 Å². The number of hydrogen-bond donors (Lipinski definition) is 4. The molecular formula is C16H18N2O3. The van der Waals surface area contributed by atoms with Gasteiger partial charge in [-0.25, -0.2) is 4.79 Å². The zero-order valence-electron chi connectivity index (χ0n) is 11.5. The molecule has 0 bridgehead atoms. The second kappa shape index (κ2) is 7.42. The number of carbonyl (C=O) groups excluding carboxylic acids is 1.